The highest BCUT2D eigenvalue weighted by molar-refractivity contribution is 5.71. The van der Waals surface area contributed by atoms with E-state index in [1.54, 1.807) is 0 Å². The smallest absolute Gasteiger partial charge is 0.312 e. The second kappa shape index (κ2) is 6.71. The Balaban J connectivity index is 3.59. The average Bonchev–Trinajstić information content (AvgIpc) is 2.10. The SMILES string of the molecule is CCC(CN)CC(C)CNC(N)=O. The van der Waals surface area contributed by atoms with Crippen LogP contribution >= 0.6 is 0 Å². The Hall–Kier alpha value is -0.770. The van der Waals surface area contributed by atoms with Gasteiger partial charge < -0.3 is 16.8 Å². The van der Waals surface area contributed by atoms with Crippen molar-refractivity contribution in [1.82, 2.24) is 5.32 Å². The number of nitrogens with two attached hydrogens (primary N) is 2. The van der Waals surface area contributed by atoms with Gasteiger partial charge in [0.2, 0.25) is 0 Å². The second-order valence-corrected chi connectivity index (χ2v) is 3.60. The molecule has 2 amide bonds. The normalized spacial score (nSPS) is 15.0. The van der Waals surface area contributed by atoms with E-state index >= 15 is 0 Å². The van der Waals surface area contributed by atoms with E-state index in [2.05, 4.69) is 19.2 Å². The molecule has 0 aliphatic heterocycles. The van der Waals surface area contributed by atoms with Crippen molar-refractivity contribution in [3.8, 4) is 0 Å². The number of hydrogen-bond acceptors (Lipinski definition) is 2. The van der Waals surface area contributed by atoms with Crippen LogP contribution in [-0.2, 0) is 0 Å². The lowest BCUT2D eigenvalue weighted by Crippen LogP contribution is -2.33. The van der Waals surface area contributed by atoms with Crippen molar-refractivity contribution in [2.75, 3.05) is 13.1 Å². The summed E-state index contributed by atoms with van der Waals surface area (Å²) in [6.45, 7) is 5.59. The minimum absolute atomic E-state index is 0.445. The van der Waals surface area contributed by atoms with Crippen LogP contribution in [-0.4, -0.2) is 19.1 Å². The summed E-state index contributed by atoms with van der Waals surface area (Å²) in [4.78, 5) is 10.4. The van der Waals surface area contributed by atoms with Crippen LogP contribution in [0.1, 0.15) is 26.7 Å². The molecule has 5 N–H and O–H groups in total. The van der Waals surface area contributed by atoms with Gasteiger partial charge in [0.05, 0.1) is 0 Å². The Morgan fingerprint density at radius 2 is 2.15 bits per heavy atom. The van der Waals surface area contributed by atoms with Crippen molar-refractivity contribution < 1.29 is 4.79 Å². The van der Waals surface area contributed by atoms with E-state index in [1.165, 1.54) is 0 Å². The number of hydrogen-bond donors (Lipinski definition) is 3. The molecule has 0 heterocycles. The van der Waals surface area contributed by atoms with E-state index in [-0.39, 0.29) is 0 Å². The predicted octanol–water partition coefficient (Wildman–Crippen LogP) is 0.666. The Kier molecular flexibility index (Phi) is 6.32. The first-order chi connectivity index (χ1) is 6.10. The molecular formula is C9H21N3O. The van der Waals surface area contributed by atoms with E-state index in [4.69, 9.17) is 11.5 Å². The zero-order chi connectivity index (χ0) is 10.3. The molecule has 0 fully saturated rings. The van der Waals surface area contributed by atoms with Crippen molar-refractivity contribution in [3.63, 3.8) is 0 Å². The van der Waals surface area contributed by atoms with Crippen molar-refractivity contribution in [2.24, 2.45) is 23.3 Å². The highest BCUT2D eigenvalue weighted by Crippen LogP contribution is 2.13. The lowest BCUT2D eigenvalue weighted by Gasteiger charge is -2.17. The van der Waals surface area contributed by atoms with E-state index in [0.717, 1.165) is 19.4 Å². The first kappa shape index (κ1) is 12.2. The van der Waals surface area contributed by atoms with Crippen molar-refractivity contribution in [2.45, 2.75) is 26.7 Å². The topological polar surface area (TPSA) is 81.1 Å². The standard InChI is InChI=1S/C9H21N3O/c1-3-8(5-10)4-7(2)6-12-9(11)13/h7-8H,3-6,10H2,1-2H3,(H3,11,12,13). The summed E-state index contributed by atoms with van der Waals surface area (Å²) in [5.74, 6) is 1.01. The molecule has 4 nitrogen and oxygen atoms in total. The molecule has 13 heavy (non-hydrogen) atoms. The van der Waals surface area contributed by atoms with Gasteiger partial charge >= 0.3 is 6.03 Å². The molecule has 0 radical (unpaired) electrons. The molecular weight excluding hydrogens is 166 g/mol. The summed E-state index contributed by atoms with van der Waals surface area (Å²) in [7, 11) is 0. The fourth-order valence-corrected chi connectivity index (χ4v) is 1.36. The molecule has 0 bridgehead atoms. The summed E-state index contributed by atoms with van der Waals surface area (Å²) < 4.78 is 0. The third-order valence-electron chi connectivity index (χ3n) is 2.27. The first-order valence-corrected chi connectivity index (χ1v) is 4.83. The number of nitrogens with one attached hydrogen (secondary N) is 1. The van der Waals surface area contributed by atoms with Crippen LogP contribution in [0.25, 0.3) is 0 Å². The molecule has 0 aliphatic carbocycles. The highest BCUT2D eigenvalue weighted by atomic mass is 16.2. The summed E-state index contributed by atoms with van der Waals surface area (Å²) in [5.41, 5.74) is 10.5. The van der Waals surface area contributed by atoms with Gasteiger partial charge in [0.1, 0.15) is 0 Å². The first-order valence-electron chi connectivity index (χ1n) is 4.83. The van der Waals surface area contributed by atoms with Crippen molar-refractivity contribution in [3.05, 3.63) is 0 Å². The molecule has 0 saturated carbocycles. The molecule has 0 aromatic carbocycles. The number of amides is 2. The van der Waals surface area contributed by atoms with Gasteiger partial charge in [-0.2, -0.15) is 0 Å². The Morgan fingerprint density at radius 3 is 2.54 bits per heavy atom. The highest BCUT2D eigenvalue weighted by Gasteiger charge is 2.10. The van der Waals surface area contributed by atoms with Gasteiger partial charge in [0, 0.05) is 6.54 Å². The molecule has 4 heteroatoms. The Labute approximate surface area is 80.0 Å². The van der Waals surface area contributed by atoms with Crippen LogP contribution in [0.15, 0.2) is 0 Å². The van der Waals surface area contributed by atoms with Gasteiger partial charge in [-0.15, -0.1) is 0 Å². The zero-order valence-corrected chi connectivity index (χ0v) is 8.55. The van der Waals surface area contributed by atoms with Crippen molar-refractivity contribution in [1.29, 1.82) is 0 Å². The molecule has 78 valence electrons. The van der Waals surface area contributed by atoms with Crippen molar-refractivity contribution >= 4 is 6.03 Å². The molecule has 0 spiro atoms. The maximum atomic E-state index is 10.4. The lowest BCUT2D eigenvalue weighted by atomic mass is 9.94. The number of carbonyl (C=O) groups excluding carboxylic acids is 1. The maximum absolute atomic E-state index is 10.4. The van der Waals surface area contributed by atoms with Crippen LogP contribution in [0.2, 0.25) is 0 Å². The number of primary amides is 1. The quantitative estimate of drug-likeness (QED) is 0.571. The fraction of sp³-hybridized carbons (Fsp3) is 0.889. The number of carbonyl (C=O) groups is 1. The minimum atomic E-state index is -0.451. The van der Waals surface area contributed by atoms with Gasteiger partial charge in [0.15, 0.2) is 0 Å². The van der Waals surface area contributed by atoms with Gasteiger partial charge in [-0.3, -0.25) is 0 Å². The molecule has 0 aromatic rings. The Morgan fingerprint density at radius 1 is 1.54 bits per heavy atom. The maximum Gasteiger partial charge on any atom is 0.312 e. The van der Waals surface area contributed by atoms with E-state index in [1.807, 2.05) is 0 Å². The third-order valence-corrected chi connectivity index (χ3v) is 2.27. The zero-order valence-electron chi connectivity index (χ0n) is 8.55. The summed E-state index contributed by atoms with van der Waals surface area (Å²) in [5, 5.41) is 2.60. The van der Waals surface area contributed by atoms with Gasteiger partial charge in [0.25, 0.3) is 0 Å². The van der Waals surface area contributed by atoms with Crippen LogP contribution < -0.4 is 16.8 Å². The van der Waals surface area contributed by atoms with Crippen LogP contribution in [0, 0.1) is 11.8 Å². The van der Waals surface area contributed by atoms with E-state index < -0.39 is 6.03 Å². The van der Waals surface area contributed by atoms with Gasteiger partial charge in [-0.05, 0) is 24.8 Å². The van der Waals surface area contributed by atoms with Crippen LogP contribution in [0.3, 0.4) is 0 Å². The van der Waals surface area contributed by atoms with Gasteiger partial charge in [-0.25, -0.2) is 4.79 Å². The average molecular weight is 187 g/mol. The number of rotatable bonds is 6. The second-order valence-electron chi connectivity index (χ2n) is 3.60. The minimum Gasteiger partial charge on any atom is -0.352 e. The molecule has 0 saturated heterocycles. The third kappa shape index (κ3) is 6.40. The molecule has 2 unspecified atom stereocenters. The van der Waals surface area contributed by atoms with Gasteiger partial charge in [-0.1, -0.05) is 20.3 Å². The van der Waals surface area contributed by atoms with E-state index in [9.17, 15) is 4.79 Å². The molecule has 0 aromatic heterocycles. The summed E-state index contributed by atoms with van der Waals surface area (Å²) >= 11 is 0. The lowest BCUT2D eigenvalue weighted by molar-refractivity contribution is 0.246. The molecule has 0 aliphatic rings. The van der Waals surface area contributed by atoms with Crippen LogP contribution in [0.5, 0.6) is 0 Å². The summed E-state index contributed by atoms with van der Waals surface area (Å²) in [6, 6.07) is -0.451. The Bertz CT molecular complexity index is 146. The van der Waals surface area contributed by atoms with Crippen LogP contribution in [0.4, 0.5) is 4.79 Å². The summed E-state index contributed by atoms with van der Waals surface area (Å²) in [6.07, 6.45) is 2.14. The van der Waals surface area contributed by atoms with E-state index in [0.29, 0.717) is 18.4 Å². The fourth-order valence-electron chi connectivity index (χ4n) is 1.36. The monoisotopic (exact) mass is 187 g/mol. The largest absolute Gasteiger partial charge is 0.352 e. The molecule has 0 rings (SSSR count). The number of urea groups is 1. The molecule has 2 atom stereocenters. The predicted molar refractivity (Wildman–Crippen MR) is 54.2 cm³/mol.